The van der Waals surface area contributed by atoms with Gasteiger partial charge in [-0.05, 0) is 41.1 Å². The zero-order valence-electron chi connectivity index (χ0n) is 10.7. The van der Waals surface area contributed by atoms with Crippen molar-refractivity contribution in [1.82, 2.24) is 4.57 Å². The van der Waals surface area contributed by atoms with Crippen LogP contribution in [-0.2, 0) is 6.54 Å². The fraction of sp³-hybridized carbons (Fsp3) is 0.154. The van der Waals surface area contributed by atoms with Crippen molar-refractivity contribution in [2.75, 3.05) is 5.32 Å². The van der Waals surface area contributed by atoms with Gasteiger partial charge in [0.05, 0.1) is 4.92 Å². The van der Waals surface area contributed by atoms with Gasteiger partial charge in [0.15, 0.2) is 0 Å². The second kappa shape index (κ2) is 5.87. The van der Waals surface area contributed by atoms with Crippen LogP contribution in [-0.4, -0.2) is 15.4 Å². The highest BCUT2D eigenvalue weighted by molar-refractivity contribution is 9.10. The molecule has 0 aliphatic heterocycles. The normalized spacial score (nSPS) is 10.3. The molecular formula is C13H12BrN3O3. The van der Waals surface area contributed by atoms with E-state index in [4.69, 9.17) is 0 Å². The number of benzene rings is 1. The molecule has 2 rings (SSSR count). The number of nitro benzene ring substituents is 1. The van der Waals surface area contributed by atoms with Crippen molar-refractivity contribution in [1.29, 1.82) is 0 Å². The van der Waals surface area contributed by atoms with Gasteiger partial charge in [0.25, 0.3) is 11.6 Å². The number of aryl methyl sites for hydroxylation is 1. The lowest BCUT2D eigenvalue weighted by atomic mass is 10.2. The van der Waals surface area contributed by atoms with E-state index in [9.17, 15) is 14.9 Å². The van der Waals surface area contributed by atoms with E-state index in [2.05, 4.69) is 21.2 Å². The van der Waals surface area contributed by atoms with Gasteiger partial charge in [-0.15, -0.1) is 0 Å². The van der Waals surface area contributed by atoms with Gasteiger partial charge < -0.3 is 9.88 Å². The Morgan fingerprint density at radius 1 is 1.40 bits per heavy atom. The van der Waals surface area contributed by atoms with E-state index in [1.54, 1.807) is 6.07 Å². The number of carbonyl (C=O) groups excluding carboxylic acids is 1. The molecule has 0 spiro atoms. The van der Waals surface area contributed by atoms with Crippen molar-refractivity contribution in [3.8, 4) is 0 Å². The molecule has 20 heavy (non-hydrogen) atoms. The SMILES string of the molecule is CCn1cc(Br)cc1C(=O)Nc1ccc([N+](=O)[O-])cc1. The first-order chi connectivity index (χ1) is 9.51. The third-order valence-electron chi connectivity index (χ3n) is 2.77. The van der Waals surface area contributed by atoms with Crippen LogP contribution >= 0.6 is 15.9 Å². The van der Waals surface area contributed by atoms with Gasteiger partial charge in [-0.2, -0.15) is 0 Å². The molecule has 0 unspecified atom stereocenters. The minimum atomic E-state index is -0.481. The first-order valence-corrected chi connectivity index (χ1v) is 6.72. The highest BCUT2D eigenvalue weighted by Gasteiger charge is 2.13. The van der Waals surface area contributed by atoms with Gasteiger partial charge in [0.1, 0.15) is 5.69 Å². The van der Waals surface area contributed by atoms with Gasteiger partial charge >= 0.3 is 0 Å². The predicted octanol–water partition coefficient (Wildman–Crippen LogP) is 3.43. The molecule has 0 fully saturated rings. The van der Waals surface area contributed by atoms with Crippen LogP contribution in [0.2, 0.25) is 0 Å². The van der Waals surface area contributed by atoms with Crippen molar-refractivity contribution in [2.45, 2.75) is 13.5 Å². The average molecular weight is 338 g/mol. The summed E-state index contributed by atoms with van der Waals surface area (Å²) >= 11 is 3.33. The Bertz CT molecular complexity index is 649. The molecule has 1 N–H and O–H groups in total. The standard InChI is InChI=1S/C13H12BrN3O3/c1-2-16-8-9(14)7-12(16)13(18)15-10-3-5-11(6-4-10)17(19)20/h3-8H,2H2,1H3,(H,15,18). The van der Waals surface area contributed by atoms with Gasteiger partial charge in [0.2, 0.25) is 0 Å². The molecule has 1 aromatic heterocycles. The maximum Gasteiger partial charge on any atom is 0.272 e. The van der Waals surface area contributed by atoms with Crippen LogP contribution in [0, 0.1) is 10.1 Å². The summed E-state index contributed by atoms with van der Waals surface area (Å²) in [6.45, 7) is 2.61. The molecule has 0 aliphatic carbocycles. The lowest BCUT2D eigenvalue weighted by Gasteiger charge is -2.07. The van der Waals surface area contributed by atoms with Crippen molar-refractivity contribution in [3.63, 3.8) is 0 Å². The molecule has 1 amide bonds. The number of carbonyl (C=O) groups is 1. The van der Waals surface area contributed by atoms with E-state index in [0.29, 0.717) is 17.9 Å². The Balaban J connectivity index is 2.16. The summed E-state index contributed by atoms with van der Waals surface area (Å²) in [6.07, 6.45) is 1.82. The summed E-state index contributed by atoms with van der Waals surface area (Å²) in [6, 6.07) is 7.44. The fourth-order valence-corrected chi connectivity index (χ4v) is 2.25. The number of amides is 1. The Hall–Kier alpha value is -2.15. The topological polar surface area (TPSA) is 77.2 Å². The molecular weight excluding hydrogens is 326 g/mol. The summed E-state index contributed by atoms with van der Waals surface area (Å²) in [4.78, 5) is 22.2. The van der Waals surface area contributed by atoms with Crippen molar-refractivity contribution in [3.05, 3.63) is 56.8 Å². The van der Waals surface area contributed by atoms with Crippen LogP contribution in [0.15, 0.2) is 41.0 Å². The molecule has 1 heterocycles. The van der Waals surface area contributed by atoms with Crippen LogP contribution in [0.5, 0.6) is 0 Å². The third kappa shape index (κ3) is 3.05. The second-order valence-corrected chi connectivity index (χ2v) is 5.00. The van der Waals surface area contributed by atoms with Crippen LogP contribution < -0.4 is 5.32 Å². The minimum Gasteiger partial charge on any atom is -0.343 e. The van der Waals surface area contributed by atoms with Crippen molar-refractivity contribution in [2.24, 2.45) is 0 Å². The summed E-state index contributed by atoms with van der Waals surface area (Å²) in [5.74, 6) is -0.258. The molecule has 0 aliphatic rings. The summed E-state index contributed by atoms with van der Waals surface area (Å²) in [7, 11) is 0. The Morgan fingerprint density at radius 3 is 2.60 bits per heavy atom. The van der Waals surface area contributed by atoms with E-state index < -0.39 is 4.92 Å². The average Bonchev–Trinajstić information content (AvgIpc) is 2.80. The fourth-order valence-electron chi connectivity index (χ4n) is 1.79. The van der Waals surface area contributed by atoms with Crippen molar-refractivity contribution < 1.29 is 9.72 Å². The second-order valence-electron chi connectivity index (χ2n) is 4.09. The molecule has 1 aromatic carbocycles. The molecule has 0 radical (unpaired) electrons. The summed E-state index contributed by atoms with van der Waals surface area (Å²) in [5, 5.41) is 13.3. The van der Waals surface area contributed by atoms with Gasteiger partial charge in [0, 0.05) is 35.0 Å². The first-order valence-electron chi connectivity index (χ1n) is 5.92. The van der Waals surface area contributed by atoms with Crippen LogP contribution in [0.3, 0.4) is 0 Å². The highest BCUT2D eigenvalue weighted by atomic mass is 79.9. The molecule has 0 saturated heterocycles. The van der Waals surface area contributed by atoms with Crippen molar-refractivity contribution >= 4 is 33.2 Å². The number of rotatable bonds is 4. The highest BCUT2D eigenvalue weighted by Crippen LogP contribution is 2.19. The first kappa shape index (κ1) is 14.3. The number of hydrogen-bond acceptors (Lipinski definition) is 3. The number of non-ortho nitro benzene ring substituents is 1. The number of halogens is 1. The molecule has 7 heteroatoms. The van der Waals surface area contributed by atoms with E-state index in [0.717, 1.165) is 4.47 Å². The molecule has 0 bridgehead atoms. The number of aromatic nitrogens is 1. The zero-order valence-corrected chi connectivity index (χ0v) is 12.3. The van der Waals surface area contributed by atoms with Gasteiger partial charge in [-0.25, -0.2) is 0 Å². The molecule has 0 saturated carbocycles. The van der Waals surface area contributed by atoms with E-state index >= 15 is 0 Å². The predicted molar refractivity (Wildman–Crippen MR) is 78.9 cm³/mol. The number of hydrogen-bond donors (Lipinski definition) is 1. The maximum atomic E-state index is 12.1. The lowest BCUT2D eigenvalue weighted by molar-refractivity contribution is -0.384. The lowest BCUT2D eigenvalue weighted by Crippen LogP contribution is -2.16. The van der Waals surface area contributed by atoms with Gasteiger partial charge in [-0.3, -0.25) is 14.9 Å². The number of nitrogens with zero attached hydrogens (tertiary/aromatic N) is 2. The number of nitrogens with one attached hydrogen (secondary N) is 1. The summed E-state index contributed by atoms with van der Waals surface area (Å²) in [5.41, 5.74) is 1.03. The quantitative estimate of drug-likeness (QED) is 0.685. The van der Waals surface area contributed by atoms with E-state index in [1.165, 1.54) is 24.3 Å². The van der Waals surface area contributed by atoms with E-state index in [1.807, 2.05) is 17.7 Å². The third-order valence-corrected chi connectivity index (χ3v) is 3.21. The molecule has 2 aromatic rings. The molecule has 104 valence electrons. The van der Waals surface area contributed by atoms with E-state index in [-0.39, 0.29) is 11.6 Å². The summed E-state index contributed by atoms with van der Waals surface area (Å²) < 4.78 is 2.64. The van der Waals surface area contributed by atoms with Crippen LogP contribution in [0.1, 0.15) is 17.4 Å². The Morgan fingerprint density at radius 2 is 2.05 bits per heavy atom. The molecule has 0 atom stereocenters. The maximum absolute atomic E-state index is 12.1. The Kier molecular flexibility index (Phi) is 4.19. The monoisotopic (exact) mass is 337 g/mol. The molecule has 6 nitrogen and oxygen atoms in total. The number of anilines is 1. The van der Waals surface area contributed by atoms with Gasteiger partial charge in [-0.1, -0.05) is 0 Å². The Labute approximate surface area is 123 Å². The zero-order chi connectivity index (χ0) is 14.7. The van der Waals surface area contributed by atoms with Crippen LogP contribution in [0.4, 0.5) is 11.4 Å². The minimum absolute atomic E-state index is 0.0114. The number of nitro groups is 1. The smallest absolute Gasteiger partial charge is 0.272 e. The van der Waals surface area contributed by atoms with Crippen LogP contribution in [0.25, 0.3) is 0 Å². The largest absolute Gasteiger partial charge is 0.343 e.